The van der Waals surface area contributed by atoms with Crippen molar-refractivity contribution in [1.29, 1.82) is 0 Å². The molecule has 0 aromatic carbocycles. The molecule has 5 nitrogen and oxygen atoms in total. The Bertz CT molecular complexity index is 351. The minimum absolute atomic E-state index is 0.561. The van der Waals surface area contributed by atoms with E-state index in [-0.39, 0.29) is 0 Å². The Kier molecular flexibility index (Phi) is 8.17. The molecule has 0 aromatic heterocycles. The van der Waals surface area contributed by atoms with Crippen LogP contribution < -0.4 is 10.6 Å². The molecule has 2 heterocycles. The van der Waals surface area contributed by atoms with Gasteiger partial charge < -0.3 is 15.5 Å². The zero-order valence-corrected chi connectivity index (χ0v) is 15.5. The first kappa shape index (κ1) is 18.5. The highest BCUT2D eigenvalue weighted by molar-refractivity contribution is 5.79. The lowest BCUT2D eigenvalue weighted by molar-refractivity contribution is 0.115. The predicted octanol–water partition coefficient (Wildman–Crippen LogP) is 1.90. The summed E-state index contributed by atoms with van der Waals surface area (Å²) in [5.41, 5.74) is 0. The van der Waals surface area contributed by atoms with Gasteiger partial charge in [-0.2, -0.15) is 0 Å². The van der Waals surface area contributed by atoms with Crippen LogP contribution in [0, 0.1) is 0 Å². The van der Waals surface area contributed by atoms with Gasteiger partial charge in [-0.3, -0.25) is 9.89 Å². The first-order valence-electron chi connectivity index (χ1n) is 9.63. The second-order valence-electron chi connectivity index (χ2n) is 7.21. The standard InChI is InChI=1S/C18H37N5/c1-16-9-5-8-13-23(16)17(2)15-21-18(19-3)20-10-14-22-11-6-4-7-12-22/h16-17H,4-15H2,1-3H3,(H2,19,20,21). The van der Waals surface area contributed by atoms with Gasteiger partial charge in [0, 0.05) is 38.8 Å². The molecule has 23 heavy (non-hydrogen) atoms. The van der Waals surface area contributed by atoms with Crippen LogP contribution in [0.15, 0.2) is 4.99 Å². The maximum absolute atomic E-state index is 4.36. The Morgan fingerprint density at radius 3 is 2.52 bits per heavy atom. The first-order chi connectivity index (χ1) is 11.2. The van der Waals surface area contributed by atoms with Gasteiger partial charge in [-0.25, -0.2) is 0 Å². The molecule has 0 radical (unpaired) electrons. The summed E-state index contributed by atoms with van der Waals surface area (Å²) < 4.78 is 0. The highest BCUT2D eigenvalue weighted by Gasteiger charge is 2.22. The van der Waals surface area contributed by atoms with E-state index in [4.69, 9.17) is 0 Å². The van der Waals surface area contributed by atoms with Gasteiger partial charge in [-0.15, -0.1) is 0 Å². The van der Waals surface area contributed by atoms with Crippen LogP contribution in [0.3, 0.4) is 0 Å². The molecule has 5 heteroatoms. The van der Waals surface area contributed by atoms with Crippen LogP contribution in [0.25, 0.3) is 0 Å². The van der Waals surface area contributed by atoms with E-state index in [0.717, 1.165) is 31.6 Å². The molecule has 0 aliphatic carbocycles. The maximum atomic E-state index is 4.36. The van der Waals surface area contributed by atoms with E-state index in [0.29, 0.717) is 6.04 Å². The Balaban J connectivity index is 1.63. The molecule has 0 bridgehead atoms. The number of rotatable bonds is 6. The van der Waals surface area contributed by atoms with Crippen molar-refractivity contribution < 1.29 is 0 Å². The quantitative estimate of drug-likeness (QED) is 0.579. The summed E-state index contributed by atoms with van der Waals surface area (Å²) in [6, 6.07) is 1.28. The third kappa shape index (κ3) is 6.30. The van der Waals surface area contributed by atoms with E-state index in [1.165, 1.54) is 58.2 Å². The average molecular weight is 324 g/mol. The van der Waals surface area contributed by atoms with Gasteiger partial charge in [-0.1, -0.05) is 12.8 Å². The van der Waals surface area contributed by atoms with E-state index in [9.17, 15) is 0 Å². The van der Waals surface area contributed by atoms with E-state index in [1.807, 2.05) is 7.05 Å². The smallest absolute Gasteiger partial charge is 0.191 e. The SMILES string of the molecule is CN=C(NCCN1CCCCC1)NCC(C)N1CCCCC1C. The summed E-state index contributed by atoms with van der Waals surface area (Å²) >= 11 is 0. The highest BCUT2D eigenvalue weighted by atomic mass is 15.2. The van der Waals surface area contributed by atoms with Gasteiger partial charge in [0.1, 0.15) is 0 Å². The normalized spacial score (nSPS) is 26.0. The highest BCUT2D eigenvalue weighted by Crippen LogP contribution is 2.18. The molecule has 0 aromatic rings. The second-order valence-corrected chi connectivity index (χ2v) is 7.21. The number of piperidine rings is 2. The number of aliphatic imine (C=N–C) groups is 1. The minimum atomic E-state index is 0.561. The van der Waals surface area contributed by atoms with E-state index >= 15 is 0 Å². The van der Waals surface area contributed by atoms with Gasteiger partial charge in [0.15, 0.2) is 5.96 Å². The van der Waals surface area contributed by atoms with Gasteiger partial charge in [0.05, 0.1) is 0 Å². The number of likely N-dealkylation sites (tertiary alicyclic amines) is 2. The zero-order chi connectivity index (χ0) is 16.5. The number of nitrogens with one attached hydrogen (secondary N) is 2. The van der Waals surface area contributed by atoms with E-state index in [2.05, 4.69) is 39.3 Å². The summed E-state index contributed by atoms with van der Waals surface area (Å²) in [7, 11) is 1.87. The second kappa shape index (κ2) is 10.1. The summed E-state index contributed by atoms with van der Waals surface area (Å²) in [6.45, 7) is 11.5. The predicted molar refractivity (Wildman–Crippen MR) is 99.1 cm³/mol. The zero-order valence-electron chi connectivity index (χ0n) is 15.5. The van der Waals surface area contributed by atoms with E-state index < -0.39 is 0 Å². The molecule has 134 valence electrons. The molecule has 0 spiro atoms. The van der Waals surface area contributed by atoms with Gasteiger partial charge in [-0.05, 0) is 59.2 Å². The fourth-order valence-corrected chi connectivity index (χ4v) is 3.87. The molecule has 2 aliphatic rings. The van der Waals surface area contributed by atoms with Gasteiger partial charge >= 0.3 is 0 Å². The minimum Gasteiger partial charge on any atom is -0.355 e. The van der Waals surface area contributed by atoms with Crippen molar-refractivity contribution in [3.05, 3.63) is 0 Å². The monoisotopic (exact) mass is 323 g/mol. The number of nitrogens with zero attached hydrogens (tertiary/aromatic N) is 3. The topological polar surface area (TPSA) is 42.9 Å². The average Bonchev–Trinajstić information content (AvgIpc) is 2.59. The Hall–Kier alpha value is -0.810. The van der Waals surface area contributed by atoms with Crippen LogP contribution >= 0.6 is 0 Å². The van der Waals surface area contributed by atoms with Crippen LogP contribution in [0.5, 0.6) is 0 Å². The van der Waals surface area contributed by atoms with Crippen molar-refractivity contribution in [1.82, 2.24) is 20.4 Å². The van der Waals surface area contributed by atoms with Gasteiger partial charge in [0.2, 0.25) is 0 Å². The molecule has 2 N–H and O–H groups in total. The van der Waals surface area contributed by atoms with Crippen LogP contribution in [-0.2, 0) is 0 Å². The molecule has 2 fully saturated rings. The fourth-order valence-electron chi connectivity index (χ4n) is 3.87. The van der Waals surface area contributed by atoms with Gasteiger partial charge in [0.25, 0.3) is 0 Å². The van der Waals surface area contributed by atoms with Crippen molar-refractivity contribution in [3.63, 3.8) is 0 Å². The van der Waals surface area contributed by atoms with Crippen LogP contribution in [0.4, 0.5) is 0 Å². The lowest BCUT2D eigenvalue weighted by atomic mass is 10.0. The molecule has 0 amide bonds. The van der Waals surface area contributed by atoms with Crippen molar-refractivity contribution in [2.45, 2.75) is 64.5 Å². The van der Waals surface area contributed by atoms with Crippen LogP contribution in [0.1, 0.15) is 52.4 Å². The molecular weight excluding hydrogens is 286 g/mol. The van der Waals surface area contributed by atoms with Crippen molar-refractivity contribution in [2.75, 3.05) is 46.3 Å². The van der Waals surface area contributed by atoms with Crippen LogP contribution in [-0.4, -0.2) is 74.2 Å². The Morgan fingerprint density at radius 1 is 1.09 bits per heavy atom. The summed E-state index contributed by atoms with van der Waals surface area (Å²) in [6.07, 6.45) is 8.19. The molecule has 2 atom stereocenters. The fraction of sp³-hybridized carbons (Fsp3) is 0.944. The van der Waals surface area contributed by atoms with E-state index in [1.54, 1.807) is 0 Å². The molecule has 0 saturated carbocycles. The Morgan fingerprint density at radius 2 is 1.83 bits per heavy atom. The summed E-state index contributed by atoms with van der Waals surface area (Å²) in [5.74, 6) is 0.943. The maximum Gasteiger partial charge on any atom is 0.191 e. The lowest BCUT2D eigenvalue weighted by Crippen LogP contribution is -2.50. The Labute approximate surface area is 142 Å². The third-order valence-corrected chi connectivity index (χ3v) is 5.38. The summed E-state index contributed by atoms with van der Waals surface area (Å²) in [5, 5.41) is 6.97. The van der Waals surface area contributed by atoms with Crippen molar-refractivity contribution in [3.8, 4) is 0 Å². The number of guanidine groups is 1. The third-order valence-electron chi connectivity index (χ3n) is 5.38. The molecule has 2 rings (SSSR count). The number of hydrogen-bond acceptors (Lipinski definition) is 3. The first-order valence-corrected chi connectivity index (χ1v) is 9.63. The molecule has 2 aliphatic heterocycles. The number of hydrogen-bond donors (Lipinski definition) is 2. The molecule has 2 unspecified atom stereocenters. The lowest BCUT2D eigenvalue weighted by Gasteiger charge is -2.38. The molecular formula is C18H37N5. The van der Waals surface area contributed by atoms with Crippen LogP contribution in [0.2, 0.25) is 0 Å². The van der Waals surface area contributed by atoms with Crippen molar-refractivity contribution in [2.24, 2.45) is 4.99 Å². The molecule has 2 saturated heterocycles. The summed E-state index contributed by atoms with van der Waals surface area (Å²) in [4.78, 5) is 9.56. The largest absolute Gasteiger partial charge is 0.355 e. The van der Waals surface area contributed by atoms with Crippen molar-refractivity contribution >= 4 is 5.96 Å².